The number of imidazole rings is 3. The third-order valence-corrected chi connectivity index (χ3v) is 30.9. The summed E-state index contributed by atoms with van der Waals surface area (Å²) in [5.74, 6) is -0.301. The first-order valence-electron chi connectivity index (χ1n) is 37.9. The monoisotopic (exact) mass is 1990 g/mol. The molecular formula is C62H83N23O29P6S6. The number of nitrogen functional groups attached to an aromatic ring is 5. The first-order chi connectivity index (χ1) is 59.5. The number of fused-ring (bicyclic) bond motifs is 3. The van der Waals surface area contributed by atoms with Gasteiger partial charge < -0.3 is 61.6 Å². The predicted molar refractivity (Wildman–Crippen MR) is 460 cm³/mol. The van der Waals surface area contributed by atoms with Crippen molar-refractivity contribution in [2.24, 2.45) is 0 Å². The molecule has 6 aliphatic heterocycles. The summed E-state index contributed by atoms with van der Waals surface area (Å²) in [5, 5.41) is 0. The van der Waals surface area contributed by atoms with E-state index in [0.717, 1.165) is 20.8 Å². The first-order valence-corrected chi connectivity index (χ1v) is 54.0. The molecule has 0 aromatic carbocycles. The molecule has 9 aromatic heterocycles. The molecule has 0 bridgehead atoms. The number of H-pyrrole nitrogens is 2. The van der Waals surface area contributed by atoms with E-state index in [1.54, 1.807) is 20.8 Å². The van der Waals surface area contributed by atoms with Crippen LogP contribution in [0.3, 0.4) is 0 Å². The van der Waals surface area contributed by atoms with Crippen LogP contribution in [0.2, 0.25) is 0 Å². The maximum absolute atomic E-state index is 15.0. The van der Waals surface area contributed by atoms with Crippen LogP contribution in [0.15, 0.2) is 74.2 Å². The number of aromatic amines is 2. The van der Waals surface area contributed by atoms with E-state index in [1.807, 2.05) is 0 Å². The molecule has 6 unspecified atom stereocenters. The van der Waals surface area contributed by atoms with Crippen LogP contribution >= 0.6 is 114 Å². The van der Waals surface area contributed by atoms with E-state index in [1.165, 1.54) is 70.9 Å². The second-order valence-corrected chi connectivity index (χ2v) is 46.7. The Balaban J connectivity index is 0.640. The lowest BCUT2D eigenvalue weighted by Crippen LogP contribution is -2.33. The van der Waals surface area contributed by atoms with Gasteiger partial charge in [0.05, 0.1) is 64.2 Å². The van der Waals surface area contributed by atoms with Crippen LogP contribution in [-0.4, -0.2) is 201 Å². The minimum absolute atomic E-state index is 0.000437. The normalized spacial score (nSPS) is 29.4. The van der Waals surface area contributed by atoms with Crippen molar-refractivity contribution in [3.8, 4) is 0 Å². The summed E-state index contributed by atoms with van der Waals surface area (Å²) >= 11 is 25.7. The molecule has 126 heavy (non-hydrogen) atoms. The summed E-state index contributed by atoms with van der Waals surface area (Å²) < 4.78 is 203. The van der Waals surface area contributed by atoms with Crippen LogP contribution in [0.5, 0.6) is 0 Å². The van der Waals surface area contributed by atoms with Gasteiger partial charge in [0, 0.05) is 80.9 Å². The summed E-state index contributed by atoms with van der Waals surface area (Å²) in [6.07, 6.45) is -12.8. The van der Waals surface area contributed by atoms with E-state index in [4.69, 9.17) is 111 Å². The predicted octanol–water partition coefficient (Wildman–Crippen LogP) is 6.10. The number of aryl methyl sites for hydroxylation is 3. The minimum Gasteiger partial charge on any atom is -0.383 e. The van der Waals surface area contributed by atoms with Gasteiger partial charge in [-0.1, -0.05) is 80.4 Å². The molecule has 52 nitrogen and oxygen atoms in total. The second-order valence-electron chi connectivity index (χ2n) is 29.4. The largest absolute Gasteiger partial charge is 0.386 e. The second kappa shape index (κ2) is 37.7. The molecule has 6 aliphatic rings. The van der Waals surface area contributed by atoms with Crippen LogP contribution in [0.25, 0.3) is 33.5 Å². The van der Waals surface area contributed by atoms with Crippen molar-refractivity contribution in [1.82, 2.24) is 87.2 Å². The van der Waals surface area contributed by atoms with Gasteiger partial charge in [0.2, 0.25) is 5.95 Å². The molecule has 686 valence electrons. The van der Waals surface area contributed by atoms with Crippen LogP contribution < -0.4 is 56.9 Å². The van der Waals surface area contributed by atoms with Gasteiger partial charge in [0.15, 0.2) is 34.1 Å². The Bertz CT molecular complexity index is 6260. The van der Waals surface area contributed by atoms with Gasteiger partial charge in [-0.2, -0.15) is 15.0 Å². The fourth-order valence-electron chi connectivity index (χ4n) is 14.8. The Morgan fingerprint density at radius 2 is 0.690 bits per heavy atom. The van der Waals surface area contributed by atoms with Crippen molar-refractivity contribution in [2.75, 3.05) is 68.8 Å². The van der Waals surface area contributed by atoms with Gasteiger partial charge in [0.1, 0.15) is 134 Å². The fraction of sp³-hybridized carbons (Fsp3) is 0.565. The van der Waals surface area contributed by atoms with Gasteiger partial charge in [-0.3, -0.25) is 96.7 Å². The van der Waals surface area contributed by atoms with Crippen molar-refractivity contribution < 1.29 is 110 Å². The van der Waals surface area contributed by atoms with Gasteiger partial charge in [-0.15, -0.1) is 0 Å². The molecule has 9 aromatic rings. The number of ether oxygens (including phenoxy) is 6. The van der Waals surface area contributed by atoms with Crippen molar-refractivity contribution >= 4 is 177 Å². The molecule has 15 heterocycles. The smallest absolute Gasteiger partial charge is 0.383 e. The summed E-state index contributed by atoms with van der Waals surface area (Å²) in [6, 6.07) is 0. The lowest BCUT2D eigenvalue weighted by molar-refractivity contribution is -0.0526. The molecule has 15 rings (SSSR count). The Hall–Kier alpha value is -6.35. The van der Waals surface area contributed by atoms with Crippen LogP contribution in [0.1, 0.15) is 106 Å². The third kappa shape index (κ3) is 21.4. The lowest BCUT2D eigenvalue weighted by Gasteiger charge is -2.27. The Morgan fingerprint density at radius 1 is 0.381 bits per heavy atom. The van der Waals surface area contributed by atoms with E-state index >= 15 is 4.57 Å². The maximum atomic E-state index is 15.0. The molecule has 0 aliphatic carbocycles. The zero-order valence-corrected chi connectivity index (χ0v) is 77.0. The Kier molecular flexibility index (Phi) is 28.2. The number of hydrogen-bond donors (Lipinski definition) is 13. The van der Waals surface area contributed by atoms with Gasteiger partial charge in [0.25, 0.3) is 11.1 Å². The molecule has 64 heteroatoms. The van der Waals surface area contributed by atoms with Crippen molar-refractivity contribution in [3.05, 3.63) is 119 Å². The third-order valence-electron chi connectivity index (χ3n) is 20.9. The molecule has 12 N–H and O–H groups in total. The summed E-state index contributed by atoms with van der Waals surface area (Å²) in [6.45, 7) is -24.7. The molecule has 0 amide bonds. The summed E-state index contributed by atoms with van der Waals surface area (Å²) in [4.78, 5) is 111. The number of aromatic nitrogens is 18. The standard InChI is InChI=1S/C62H83N23O29P6S6/c1-6-29-30(7-46(103-29)85-25-74-49-56(85)77-59(67)78-58(49)87)110-116(92,122)98-17-38-33(10-43(106-38)82-15-28(4)57(86)79-62(82)90)112-118(94,124)101-19-39-35(12-45(107-39)84-24-73-48-53(66)69-22-71-55(48)84)114-120(96,126)102-20-40-34(11-44(108-40)83-23-72-47-52(65)68-21-70-54(47)83)113-119(95,125)100-18-37-32(9-42(105-37)81-14-27(3)51(64)76-61(81)89)111-117(93,123)99-16-36-31(109-115(91,121)97-5)8-41(104-36)80-13-26(2)50(63)75-60(80)88/h13-15,21-25,29-46H,6-12,16-20H2,1-5H3,(H,91,121)(H,92,122)(H,93,123)(H,94,124)(H,95,125)(H,96,126)(H2,63,75,88)(H2,64,76,89)(H2,65,68,70)(H2,66,69,71)(H,79,86,90)(H3,67,77,78,87)/t29-,30-,31-,32-,33-,34-,35-,36-,37-,38-,39-,40-,41-,42-,43-,44-,45-,46-,115?,116?,117?,118?,119?,120?/m1/s1. The Labute approximate surface area is 740 Å². The molecule has 0 radical (unpaired) electrons. The van der Waals surface area contributed by atoms with E-state index in [9.17, 15) is 46.8 Å². The van der Waals surface area contributed by atoms with E-state index in [2.05, 4.69) is 133 Å². The van der Waals surface area contributed by atoms with Crippen molar-refractivity contribution in [2.45, 2.75) is 183 Å². The number of nitrogens with zero attached hydrogens (tertiary/aromatic N) is 16. The molecule has 0 spiro atoms. The topological polar surface area (TPSA) is 674 Å². The minimum atomic E-state index is -4.79. The fourth-order valence-corrected chi connectivity index (χ4v) is 23.4. The molecule has 24 atom stereocenters. The summed E-state index contributed by atoms with van der Waals surface area (Å²) in [7, 11) is 1.08. The zero-order chi connectivity index (χ0) is 90.2. The Morgan fingerprint density at radius 3 is 1.05 bits per heavy atom. The highest BCUT2D eigenvalue weighted by Crippen LogP contribution is 2.64. The molecule has 0 saturated carbocycles. The highest BCUT2D eigenvalue weighted by atomic mass is 32.7. The van der Waals surface area contributed by atoms with Gasteiger partial charge in [-0.05, 0) is 27.2 Å². The number of nitrogens with one attached hydrogen (secondary N) is 2. The first kappa shape index (κ1) is 94.3. The number of rotatable bonds is 35. The lowest BCUT2D eigenvalue weighted by atomic mass is 10.1. The maximum Gasteiger partial charge on any atom is 0.386 e. The molecule has 6 fully saturated rings. The molecular weight excluding hydrogens is 1910 g/mol. The van der Waals surface area contributed by atoms with E-state index < -0.39 is 213 Å². The average Bonchev–Trinajstić information content (AvgIpc) is 1.65. The number of anilines is 5. The number of thiol groups is 6. The number of hydrogen-bond acceptors (Lipinski definition) is 44. The zero-order valence-electron chi connectivity index (χ0n) is 66.2. The highest BCUT2D eigenvalue weighted by Gasteiger charge is 2.51. The van der Waals surface area contributed by atoms with Crippen LogP contribution in [0, 0.1) is 20.8 Å². The number of nitrogens with two attached hydrogens (primary N) is 5. The quantitative estimate of drug-likeness (QED) is 0.0157. The highest BCUT2D eigenvalue weighted by molar-refractivity contribution is 8.46. The average molecular weight is 1990 g/mol. The van der Waals surface area contributed by atoms with Crippen molar-refractivity contribution in [1.29, 1.82) is 0 Å². The summed E-state index contributed by atoms with van der Waals surface area (Å²) in [5.41, 5.74) is 27.8. The van der Waals surface area contributed by atoms with Crippen LogP contribution in [0.4, 0.5) is 29.2 Å². The van der Waals surface area contributed by atoms with E-state index in [0.29, 0.717) is 17.5 Å². The van der Waals surface area contributed by atoms with E-state index in [-0.39, 0.29) is 107 Å². The van der Waals surface area contributed by atoms with Gasteiger partial charge >= 0.3 is 57.9 Å². The van der Waals surface area contributed by atoms with Crippen LogP contribution in [-0.2, 0) is 110 Å². The van der Waals surface area contributed by atoms with Gasteiger partial charge in [-0.25, -0.2) is 76.7 Å². The SMILES string of the molecule is CC[C@H]1O[C@@H](n2cnc3c(=O)[nH]c(N)nc32)C[C@H]1OP(=O)(S)OC[C@H]1O[C@@H](n2cc(C)c(=O)[nH]c2=O)C[C@H]1OP(=O)(S)OC[C@H]1O[C@@H](n2cnc3c(N)ncnc32)C[C@H]1OP(=O)(S)OC[C@H]1O[C@@H](n2cnc3c(N)ncnc32)C[C@H]1OP(=O)(S)OC[C@H]1O[C@@H](n2cc(C)c(N)nc2=O)C[C@H]1OP(=O)(S)OC[C@H]1O[C@@H](n2cc(C)c(N)nc2=O)C[C@H]1OP(=O)(S)OC. The molecule has 6 saturated heterocycles. The van der Waals surface area contributed by atoms with Crippen molar-refractivity contribution in [3.63, 3.8) is 0 Å².